The van der Waals surface area contributed by atoms with Gasteiger partial charge >= 0.3 is 0 Å². The van der Waals surface area contributed by atoms with Gasteiger partial charge in [0.15, 0.2) is 0 Å². The zero-order valence-electron chi connectivity index (χ0n) is 18.2. The molecule has 4 N–H and O–H groups in total. The Hall–Kier alpha value is -0.585. The first-order valence-electron chi connectivity index (χ1n) is 10.0. The van der Waals surface area contributed by atoms with Crippen LogP contribution in [0.15, 0.2) is 0 Å². The molecule has 1 aliphatic rings. The molecule has 0 aliphatic carbocycles. The smallest absolute Gasteiger partial charge is 0.0577 e. The molecule has 33 heavy (non-hydrogen) atoms. The monoisotopic (exact) mass is 622 g/mol. The number of hydrogen-bond donors (Lipinski definition) is 2. The molecule has 0 saturated carbocycles. The third kappa shape index (κ3) is 14.4. The predicted octanol–water partition coefficient (Wildman–Crippen LogP) is -9.28. The Morgan fingerprint density at radius 3 is 1.21 bits per heavy atom. The fourth-order valence-electron chi connectivity index (χ4n) is 3.50. The summed E-state index contributed by atoms with van der Waals surface area (Å²) in [6.07, 6.45) is -1.50. The van der Waals surface area contributed by atoms with Crippen LogP contribution >= 0.6 is 0 Å². The van der Waals surface area contributed by atoms with E-state index in [0.29, 0.717) is 0 Å². The Morgan fingerprint density at radius 2 is 0.970 bits per heavy atom. The molecule has 196 valence electrons. The van der Waals surface area contributed by atoms with Gasteiger partial charge < -0.3 is 50.5 Å². The molecule has 0 aromatic carbocycles. The van der Waals surface area contributed by atoms with Crippen LogP contribution in [0.25, 0.3) is 0 Å². The van der Waals surface area contributed by atoms with E-state index in [-0.39, 0.29) is 97.8 Å². The van der Waals surface area contributed by atoms with Gasteiger partial charge in [0, 0.05) is 125 Å². The van der Waals surface area contributed by atoms with Crippen molar-refractivity contribution in [1.29, 1.82) is 0 Å². The zero-order valence-corrected chi connectivity index (χ0v) is 20.5. The molecule has 1 saturated heterocycles. The van der Waals surface area contributed by atoms with E-state index in [2.05, 4.69) is 0 Å². The van der Waals surface area contributed by atoms with E-state index in [1.807, 2.05) is 0 Å². The summed E-state index contributed by atoms with van der Waals surface area (Å²) in [4.78, 5) is 39.4. The van der Waals surface area contributed by atoms with Crippen LogP contribution in [0.5, 0.6) is 0 Å². The fraction of sp³-hybridized carbons (Fsp3) is 0.833. The summed E-state index contributed by atoms with van der Waals surface area (Å²) >= 11 is 0. The predicted molar refractivity (Wildman–Crippen MR) is 101 cm³/mol. The zero-order chi connectivity index (χ0) is 23.4. The van der Waals surface area contributed by atoms with Crippen molar-refractivity contribution in [2.45, 2.75) is 12.1 Å². The maximum atomic E-state index is 12.1. The normalized spacial score (nSPS) is 19.7. The molecule has 0 aromatic rings. The minimum Gasteiger partial charge on any atom is -0.849 e. The summed E-state index contributed by atoms with van der Waals surface area (Å²) in [6, 6.07) is -0.947. The van der Waals surface area contributed by atoms with Crippen molar-refractivity contribution in [3.05, 3.63) is 0 Å². The largest absolute Gasteiger partial charge is 0.849 e. The molecule has 15 heteroatoms. The maximum Gasteiger partial charge on any atom is 0.0577 e. The molecule has 2 atom stereocenters. The van der Waals surface area contributed by atoms with Crippen molar-refractivity contribution in [2.24, 2.45) is 0 Å². The first-order valence-corrected chi connectivity index (χ1v) is 10.0. The van der Waals surface area contributed by atoms with Crippen molar-refractivity contribution >= 4 is 17.9 Å². The second-order valence-electron chi connectivity index (χ2n) is 7.45. The molecule has 0 aromatic heterocycles. The summed E-state index contributed by atoms with van der Waals surface area (Å²) in [7, 11) is 0. The first kappa shape index (κ1) is 34.6. The van der Waals surface area contributed by atoms with Gasteiger partial charge in [0.2, 0.25) is 0 Å². The van der Waals surface area contributed by atoms with Gasteiger partial charge in [-0.1, -0.05) is 6.10 Å². The quantitative estimate of drug-likeness (QED) is 0.231. The Balaban J connectivity index is 0. The van der Waals surface area contributed by atoms with Gasteiger partial charge in [-0.15, -0.1) is 0 Å². The number of aliphatic hydroxyl groups is 2. The molecule has 1 aliphatic heterocycles. The van der Waals surface area contributed by atoms with Crippen LogP contribution < -0.4 is 20.4 Å². The summed E-state index contributed by atoms with van der Waals surface area (Å²) in [5, 5.41) is 64.2. The Kier molecular flexibility index (Phi) is 19.6. The third-order valence-electron chi connectivity index (χ3n) is 5.20. The van der Waals surface area contributed by atoms with Crippen molar-refractivity contribution in [2.75, 3.05) is 85.2 Å². The topological polar surface area (TPSA) is 228 Å². The number of carboxylic acids is 3. The van der Waals surface area contributed by atoms with E-state index >= 15 is 0 Å². The van der Waals surface area contributed by atoms with Crippen molar-refractivity contribution in [3.63, 3.8) is 0 Å². The van der Waals surface area contributed by atoms with Crippen LogP contribution in [0, 0.1) is 39.9 Å². The molecule has 1 fully saturated rings. The number of hydrogen-bond acceptors (Lipinski definition) is 13. The van der Waals surface area contributed by atoms with E-state index in [9.17, 15) is 45.0 Å². The Labute approximate surface area is 224 Å². The van der Waals surface area contributed by atoms with Crippen LogP contribution in [-0.4, -0.2) is 151 Å². The number of carboxylic acid groups (broad SMARTS) is 3. The van der Waals surface area contributed by atoms with Gasteiger partial charge in [-0.3, -0.25) is 19.6 Å². The number of carbonyl (C=O) groups is 3. The van der Waals surface area contributed by atoms with E-state index in [1.54, 1.807) is 4.90 Å². The molecule has 14 nitrogen and oxygen atoms in total. The van der Waals surface area contributed by atoms with E-state index in [1.165, 1.54) is 14.7 Å². The molecule has 0 unspecified atom stereocenters. The number of aliphatic hydroxyl groups excluding tert-OH is 2. The molecule has 0 amide bonds. The molecule has 1 heterocycles. The second-order valence-corrected chi connectivity index (χ2v) is 7.45. The number of carbonyl (C=O) groups excluding carboxylic acids is 3. The van der Waals surface area contributed by atoms with Gasteiger partial charge in [0.05, 0.1) is 24.5 Å². The van der Waals surface area contributed by atoms with Crippen LogP contribution in [0.3, 0.4) is 0 Å². The first-order chi connectivity index (χ1) is 14.7. The molecule has 0 radical (unpaired) electrons. The van der Waals surface area contributed by atoms with Crippen LogP contribution in [-0.2, 0) is 14.4 Å². The van der Waals surface area contributed by atoms with E-state index in [0.717, 1.165) is 0 Å². The van der Waals surface area contributed by atoms with Crippen LogP contribution in [0.1, 0.15) is 0 Å². The SMILES string of the molecule is O.O=C([O-])CN1CCN(CC(=O)[O-])CCN([C@H](CO)[C@H]([O-])CO)CCN(CC(=O)[O-])CC1.[Gd]. The third-order valence-corrected chi connectivity index (χ3v) is 5.20. The number of rotatable bonds is 10. The molecule has 0 bridgehead atoms. The van der Waals surface area contributed by atoms with Gasteiger partial charge in [-0.25, -0.2) is 0 Å². The van der Waals surface area contributed by atoms with Crippen LogP contribution in [0.4, 0.5) is 0 Å². The van der Waals surface area contributed by atoms with Crippen molar-refractivity contribution in [3.8, 4) is 0 Å². The molecule has 0 spiro atoms. The fourth-order valence-corrected chi connectivity index (χ4v) is 3.50. The second kappa shape index (κ2) is 18.7. The summed E-state index contributed by atoms with van der Waals surface area (Å²) < 4.78 is 0. The van der Waals surface area contributed by atoms with Gasteiger partial charge in [-0.05, 0) is 0 Å². The molecular formula is C18H32GdN4O10-4. The standard InChI is InChI=1S/C18H33N4O9.Gd.H2O/c23-12-14(15(25)13-24)22-7-5-20(10-17(28)29)3-1-19(9-16(26)27)2-4-21(6-8-22)11-18(30)31;;/h14-15,23-24H,1-13H2,(H,26,27)(H,28,29)(H,30,31);;1H2/q-1;;/p-3/t14-,15-;;/m1../s1. The van der Waals surface area contributed by atoms with Gasteiger partial charge in [0.25, 0.3) is 0 Å². The van der Waals surface area contributed by atoms with Crippen LogP contribution in [0.2, 0.25) is 0 Å². The molecular weight excluding hydrogens is 589 g/mol. The number of nitrogens with zero attached hydrogens (tertiary/aromatic N) is 4. The minimum absolute atomic E-state index is 0. The van der Waals surface area contributed by atoms with Crippen molar-refractivity contribution in [1.82, 2.24) is 19.6 Å². The summed E-state index contributed by atoms with van der Waals surface area (Å²) in [5.74, 6) is -3.95. The van der Waals surface area contributed by atoms with Gasteiger partial charge in [-0.2, -0.15) is 0 Å². The average molecular weight is 622 g/mol. The van der Waals surface area contributed by atoms with E-state index in [4.69, 9.17) is 0 Å². The van der Waals surface area contributed by atoms with Gasteiger partial charge in [0.1, 0.15) is 0 Å². The van der Waals surface area contributed by atoms with Crippen molar-refractivity contribution < 1.29 is 90.4 Å². The Morgan fingerprint density at radius 1 is 0.667 bits per heavy atom. The number of aliphatic carboxylic acids is 3. The summed E-state index contributed by atoms with van der Waals surface area (Å²) in [6.45, 7) is -1.05. The van der Waals surface area contributed by atoms with E-state index < -0.39 is 62.9 Å². The average Bonchev–Trinajstić information content (AvgIpc) is 2.68. The molecule has 1 rings (SSSR count). The Bertz CT molecular complexity index is 556. The minimum atomic E-state index is -1.50. The maximum absolute atomic E-state index is 12.1. The summed E-state index contributed by atoms with van der Waals surface area (Å²) in [5.41, 5.74) is 0.